The Balaban J connectivity index is 1.58. The number of methoxy groups -OCH3 is 3. The lowest BCUT2D eigenvalue weighted by Gasteiger charge is -2.40. The third kappa shape index (κ3) is 3.30. The minimum Gasteiger partial charge on any atom is -0.493 e. The lowest BCUT2D eigenvalue weighted by atomic mass is 9.83. The fourth-order valence-corrected chi connectivity index (χ4v) is 4.79. The van der Waals surface area contributed by atoms with E-state index in [9.17, 15) is 4.79 Å². The summed E-state index contributed by atoms with van der Waals surface area (Å²) >= 11 is 0. The van der Waals surface area contributed by atoms with Gasteiger partial charge in [-0.2, -0.15) is 0 Å². The molecule has 2 bridgehead atoms. The molecule has 1 aromatic carbocycles. The summed E-state index contributed by atoms with van der Waals surface area (Å²) in [6, 6.07) is 9.76. The predicted octanol–water partition coefficient (Wildman–Crippen LogP) is 1.08. The van der Waals surface area contributed by atoms with Gasteiger partial charge in [0.15, 0.2) is 11.5 Å². The number of quaternary nitrogens is 1. The highest BCUT2D eigenvalue weighted by Gasteiger charge is 2.37. The molecule has 0 spiro atoms. The number of nitrogens with one attached hydrogen (secondary N) is 1. The Bertz CT molecular complexity index is 867. The molecule has 27 heavy (non-hydrogen) atoms. The first kappa shape index (κ1) is 17.9. The summed E-state index contributed by atoms with van der Waals surface area (Å²) < 4.78 is 18.4. The van der Waals surface area contributed by atoms with Crippen molar-refractivity contribution in [3.63, 3.8) is 0 Å². The van der Waals surface area contributed by atoms with Gasteiger partial charge in [0.2, 0.25) is 5.75 Å². The second-order valence-corrected chi connectivity index (χ2v) is 7.57. The first-order valence-corrected chi connectivity index (χ1v) is 9.45. The lowest BCUT2D eigenvalue weighted by Crippen LogP contribution is -3.13. The molecule has 0 amide bonds. The number of nitrogens with zero attached hydrogens (tertiary/aromatic N) is 1. The number of fused-ring (bicyclic) bond motifs is 4. The maximum atomic E-state index is 12.2. The van der Waals surface area contributed by atoms with Gasteiger partial charge < -0.3 is 23.7 Å². The van der Waals surface area contributed by atoms with E-state index >= 15 is 0 Å². The number of rotatable bonds is 5. The average Bonchev–Trinajstić information content (AvgIpc) is 2.68. The van der Waals surface area contributed by atoms with Crippen molar-refractivity contribution in [2.24, 2.45) is 5.92 Å². The highest BCUT2D eigenvalue weighted by atomic mass is 16.5. The summed E-state index contributed by atoms with van der Waals surface area (Å²) in [6.07, 6.45) is 1.18. The van der Waals surface area contributed by atoms with Crippen LogP contribution in [-0.4, -0.2) is 39.0 Å². The normalized spacial score (nSPS) is 23.4. The number of aromatic nitrogens is 1. The van der Waals surface area contributed by atoms with Gasteiger partial charge in [-0.05, 0) is 24.6 Å². The van der Waals surface area contributed by atoms with Gasteiger partial charge in [-0.3, -0.25) is 4.79 Å². The zero-order chi connectivity index (χ0) is 19.0. The van der Waals surface area contributed by atoms with E-state index in [4.69, 9.17) is 14.2 Å². The largest absolute Gasteiger partial charge is 0.493 e. The standard InChI is InChI=1S/C21H26N2O4/c1-25-18-8-14(9-19(26-2)21(18)27-3)10-22-11-15-7-16(13-22)17-5-4-6-20(24)23(17)12-15/h4-6,8-9,15-16H,7,10-13H2,1-3H3/p+1/t15-,16+/m1/s1. The molecule has 3 atom stereocenters. The van der Waals surface area contributed by atoms with Gasteiger partial charge in [0.25, 0.3) is 5.56 Å². The number of benzene rings is 1. The molecule has 0 aliphatic carbocycles. The van der Waals surface area contributed by atoms with E-state index in [0.29, 0.717) is 29.1 Å². The molecule has 2 aromatic rings. The molecule has 1 saturated heterocycles. The van der Waals surface area contributed by atoms with Crippen LogP contribution in [-0.2, 0) is 13.1 Å². The molecule has 0 radical (unpaired) electrons. The summed E-state index contributed by atoms with van der Waals surface area (Å²) in [6.45, 7) is 3.86. The first-order chi connectivity index (χ1) is 13.1. The summed E-state index contributed by atoms with van der Waals surface area (Å²) in [5.74, 6) is 3.01. The predicted molar refractivity (Wildman–Crippen MR) is 102 cm³/mol. The minimum absolute atomic E-state index is 0.135. The van der Waals surface area contributed by atoms with Crippen LogP contribution in [0.3, 0.4) is 0 Å². The Kier molecular flexibility index (Phi) is 4.83. The summed E-state index contributed by atoms with van der Waals surface area (Å²) in [5.41, 5.74) is 2.50. The van der Waals surface area contributed by atoms with Crippen LogP contribution in [0.2, 0.25) is 0 Å². The first-order valence-electron chi connectivity index (χ1n) is 9.45. The van der Waals surface area contributed by atoms with E-state index in [0.717, 1.165) is 26.2 Å². The number of pyridine rings is 1. The number of likely N-dealkylation sites (tertiary alicyclic amines) is 1. The molecule has 1 fully saturated rings. The second kappa shape index (κ2) is 7.27. The zero-order valence-electron chi connectivity index (χ0n) is 16.2. The maximum absolute atomic E-state index is 12.2. The third-order valence-electron chi connectivity index (χ3n) is 5.85. The van der Waals surface area contributed by atoms with Crippen LogP contribution in [0.5, 0.6) is 17.2 Å². The van der Waals surface area contributed by atoms with Crippen molar-refractivity contribution in [3.8, 4) is 17.2 Å². The third-order valence-corrected chi connectivity index (χ3v) is 5.85. The molecule has 0 saturated carbocycles. The van der Waals surface area contributed by atoms with E-state index in [1.165, 1.54) is 22.6 Å². The molecular weight excluding hydrogens is 344 g/mol. The fourth-order valence-electron chi connectivity index (χ4n) is 4.79. The summed E-state index contributed by atoms with van der Waals surface area (Å²) in [4.78, 5) is 13.7. The fraction of sp³-hybridized carbons (Fsp3) is 0.476. The van der Waals surface area contributed by atoms with Crippen LogP contribution in [0.4, 0.5) is 0 Å². The van der Waals surface area contributed by atoms with Gasteiger partial charge in [0.1, 0.15) is 6.54 Å². The van der Waals surface area contributed by atoms with Gasteiger partial charge in [-0.1, -0.05) is 6.07 Å². The molecule has 6 heteroatoms. The Morgan fingerprint density at radius 1 is 1.07 bits per heavy atom. The molecule has 3 heterocycles. The summed E-state index contributed by atoms with van der Waals surface area (Å²) in [5, 5.41) is 0. The number of hydrogen-bond donors (Lipinski definition) is 1. The van der Waals surface area contributed by atoms with Gasteiger partial charge in [0.05, 0.1) is 34.4 Å². The van der Waals surface area contributed by atoms with E-state index in [1.807, 2.05) is 22.8 Å². The molecule has 2 aliphatic heterocycles. The SMILES string of the molecule is COc1cc(C[NH+]2C[C@H]3C[C@@H](C2)c2cccc(=O)n2C3)cc(OC)c1OC. The van der Waals surface area contributed by atoms with Crippen molar-refractivity contribution in [1.29, 1.82) is 0 Å². The molecule has 4 rings (SSSR count). The number of ether oxygens (including phenoxy) is 3. The quantitative estimate of drug-likeness (QED) is 0.855. The van der Waals surface area contributed by atoms with E-state index < -0.39 is 0 Å². The van der Waals surface area contributed by atoms with Gasteiger partial charge in [-0.25, -0.2) is 0 Å². The molecule has 2 aliphatic rings. The van der Waals surface area contributed by atoms with E-state index in [-0.39, 0.29) is 5.56 Å². The maximum Gasteiger partial charge on any atom is 0.250 e. The van der Waals surface area contributed by atoms with Crippen LogP contribution >= 0.6 is 0 Å². The Morgan fingerprint density at radius 3 is 2.48 bits per heavy atom. The number of hydrogen-bond acceptors (Lipinski definition) is 4. The smallest absolute Gasteiger partial charge is 0.250 e. The van der Waals surface area contributed by atoms with Crippen molar-refractivity contribution in [3.05, 3.63) is 51.9 Å². The van der Waals surface area contributed by atoms with Gasteiger partial charge in [0, 0.05) is 35.7 Å². The van der Waals surface area contributed by atoms with Gasteiger partial charge >= 0.3 is 0 Å². The van der Waals surface area contributed by atoms with E-state index in [1.54, 1.807) is 27.4 Å². The van der Waals surface area contributed by atoms with E-state index in [2.05, 4.69) is 6.07 Å². The zero-order valence-corrected chi connectivity index (χ0v) is 16.2. The topological polar surface area (TPSA) is 54.1 Å². The van der Waals surface area contributed by atoms with Crippen LogP contribution in [0, 0.1) is 5.92 Å². The summed E-state index contributed by atoms with van der Waals surface area (Å²) in [7, 11) is 4.91. The van der Waals surface area contributed by atoms with Crippen LogP contribution in [0.15, 0.2) is 35.1 Å². The minimum atomic E-state index is 0.135. The van der Waals surface area contributed by atoms with Crippen LogP contribution in [0.1, 0.15) is 23.6 Å². The Labute approximate surface area is 159 Å². The van der Waals surface area contributed by atoms with Crippen molar-refractivity contribution >= 4 is 0 Å². The molecule has 1 unspecified atom stereocenters. The average molecular weight is 371 g/mol. The van der Waals surface area contributed by atoms with Crippen molar-refractivity contribution in [2.45, 2.75) is 25.4 Å². The van der Waals surface area contributed by atoms with Crippen molar-refractivity contribution < 1.29 is 19.1 Å². The van der Waals surface area contributed by atoms with Crippen LogP contribution in [0.25, 0.3) is 0 Å². The molecule has 144 valence electrons. The van der Waals surface area contributed by atoms with Crippen LogP contribution < -0.4 is 24.7 Å². The second-order valence-electron chi connectivity index (χ2n) is 7.57. The van der Waals surface area contributed by atoms with Gasteiger partial charge in [-0.15, -0.1) is 0 Å². The lowest BCUT2D eigenvalue weighted by molar-refractivity contribution is -0.924. The molecular formula is C21H27N2O4+. The Hall–Kier alpha value is -2.47. The molecule has 1 N–H and O–H groups in total. The van der Waals surface area contributed by atoms with Crippen molar-refractivity contribution in [2.75, 3.05) is 34.4 Å². The highest BCUT2D eigenvalue weighted by Crippen LogP contribution is 2.38. The Morgan fingerprint density at radius 2 is 1.81 bits per heavy atom. The van der Waals surface area contributed by atoms with Crippen molar-refractivity contribution in [1.82, 2.24) is 4.57 Å². The number of piperidine rings is 1. The monoisotopic (exact) mass is 371 g/mol. The highest BCUT2D eigenvalue weighted by molar-refractivity contribution is 5.53. The molecule has 1 aromatic heterocycles. The molecule has 6 nitrogen and oxygen atoms in total.